The summed E-state index contributed by atoms with van der Waals surface area (Å²) in [5, 5.41) is 0. The Morgan fingerprint density at radius 1 is 1.25 bits per heavy atom. The molecule has 0 fully saturated rings. The van der Waals surface area contributed by atoms with Crippen molar-refractivity contribution in [3.05, 3.63) is 0 Å². The van der Waals surface area contributed by atoms with Gasteiger partial charge in [-0.1, -0.05) is 0 Å². The standard InChI is InChI=1S/Al.Mo.O.Zn.3H. The van der Waals surface area contributed by atoms with Crippen molar-refractivity contribution in [1.82, 2.24) is 0 Å². The summed E-state index contributed by atoms with van der Waals surface area (Å²) in [6.45, 7) is 0. The average molecular weight is 207 g/mol. The van der Waals surface area contributed by atoms with Gasteiger partial charge < -0.3 is 0 Å². The van der Waals surface area contributed by atoms with E-state index in [4.69, 9.17) is 3.40 Å². The Hall–Kier alpha value is 1.64. The Morgan fingerprint density at radius 2 is 1.25 bits per heavy atom. The van der Waals surface area contributed by atoms with Gasteiger partial charge in [-0.2, -0.15) is 0 Å². The molecule has 0 amide bonds. The zero-order chi connectivity index (χ0) is 2.00. The van der Waals surface area contributed by atoms with Crippen molar-refractivity contribution in [1.29, 1.82) is 0 Å². The molecule has 0 aromatic heterocycles. The fourth-order valence-corrected chi connectivity index (χ4v) is 0. The summed E-state index contributed by atoms with van der Waals surface area (Å²) >= 11 is 0.700. The minimum Gasteiger partial charge on any atom is 0 e. The Morgan fingerprint density at radius 3 is 1.25 bits per heavy atom. The van der Waals surface area contributed by atoms with E-state index in [1.807, 2.05) is 0 Å². The third-order valence-corrected chi connectivity index (χ3v) is 0. The van der Waals surface area contributed by atoms with Crippen molar-refractivity contribution < 1.29 is 42.7 Å². The second kappa shape index (κ2) is 22.8. The summed E-state index contributed by atoms with van der Waals surface area (Å²) in [6, 6.07) is 0. The summed E-state index contributed by atoms with van der Waals surface area (Å²) in [7, 11) is 0. The second-order valence-corrected chi connectivity index (χ2v) is 0. The first-order valence-electron chi connectivity index (χ1n) is 0.167. The van der Waals surface area contributed by atoms with Gasteiger partial charge in [-0.05, 0) is 0 Å². The monoisotopic (exact) mass is 208 g/mol. The average Bonchev–Trinajstić information content (AvgIpc) is 1.00. The zero-order valence-corrected chi connectivity index (χ0v) is 6.50. The maximum atomic E-state index is 8.26. The second-order valence-electron chi connectivity index (χ2n) is 0. The van der Waals surface area contributed by atoms with E-state index in [0.29, 0.717) is 19.8 Å². The Balaban J connectivity index is -0.00000000500. The molecule has 0 atom stereocenters. The first-order chi connectivity index (χ1) is 1.00. The van der Waals surface area contributed by atoms with Crippen LogP contribution in [0.5, 0.6) is 0 Å². The third-order valence-electron chi connectivity index (χ3n) is 0. The predicted molar refractivity (Wildman–Crippen MR) is 10.6 cm³/mol. The van der Waals surface area contributed by atoms with Crippen molar-refractivity contribution in [2.45, 2.75) is 0 Å². The molecule has 0 saturated heterocycles. The van der Waals surface area contributed by atoms with E-state index in [0.717, 1.165) is 0 Å². The Labute approximate surface area is 59.6 Å². The molecule has 0 N–H and O–H groups in total. The first-order valence-corrected chi connectivity index (χ1v) is 0.986. The smallest absolute Gasteiger partial charge is 0 e. The topological polar surface area (TPSA) is 17.1 Å². The maximum Gasteiger partial charge on any atom is 0 e. The van der Waals surface area contributed by atoms with Gasteiger partial charge in [0.2, 0.25) is 0 Å². The molecule has 0 spiro atoms. The summed E-state index contributed by atoms with van der Waals surface area (Å²) in [5.41, 5.74) is 0. The largest absolute Gasteiger partial charge is 0 e. The molecule has 0 aromatic rings. The predicted octanol–water partition coefficient (Wildman–Crippen LogP) is -1.31. The van der Waals surface area contributed by atoms with Crippen LogP contribution in [-0.4, -0.2) is 17.4 Å². The van der Waals surface area contributed by atoms with Gasteiger partial charge in [-0.25, -0.2) is 0 Å². The molecule has 0 bridgehead atoms. The van der Waals surface area contributed by atoms with Gasteiger partial charge >= 0.3 is 23.2 Å². The van der Waals surface area contributed by atoms with Gasteiger partial charge in [0.25, 0.3) is 0 Å². The Kier molecular flexibility index (Phi) is 99.3. The molecule has 0 aliphatic heterocycles. The van der Waals surface area contributed by atoms with Crippen molar-refractivity contribution in [2.24, 2.45) is 0 Å². The van der Waals surface area contributed by atoms with Crippen LogP contribution in [0.3, 0.4) is 0 Å². The number of hydrogen-bond acceptors (Lipinski definition) is 1. The molecule has 4 heteroatoms. The van der Waals surface area contributed by atoms with Gasteiger partial charge in [-0.15, -0.1) is 0 Å². The van der Waals surface area contributed by atoms with Crippen LogP contribution in [0.4, 0.5) is 0 Å². The van der Waals surface area contributed by atoms with Crippen molar-refractivity contribution >= 4 is 17.4 Å². The van der Waals surface area contributed by atoms with E-state index >= 15 is 0 Å². The molecule has 0 aromatic carbocycles. The summed E-state index contributed by atoms with van der Waals surface area (Å²) < 4.78 is 8.26. The fraction of sp³-hybridized carbons (Fsp3) is 0. The minimum absolute atomic E-state index is 0. The molecule has 0 saturated carbocycles. The minimum atomic E-state index is 0. The molecule has 0 aliphatic carbocycles. The summed E-state index contributed by atoms with van der Waals surface area (Å²) in [4.78, 5) is 0. The van der Waals surface area contributed by atoms with Crippen LogP contribution in [0.2, 0.25) is 0 Å². The summed E-state index contributed by atoms with van der Waals surface area (Å²) in [5.74, 6) is 0. The van der Waals surface area contributed by atoms with Gasteiger partial charge in [0.1, 0.15) is 0 Å². The van der Waals surface area contributed by atoms with E-state index in [1.54, 1.807) is 0 Å². The van der Waals surface area contributed by atoms with Gasteiger partial charge in [-0.3, -0.25) is 0 Å². The first kappa shape index (κ1) is 17.4. The molecule has 0 radical (unpaired) electrons. The Bertz CT molecular complexity index is 8.00. The van der Waals surface area contributed by atoms with Crippen molar-refractivity contribution in [3.8, 4) is 0 Å². The van der Waals surface area contributed by atoms with E-state index in [-0.39, 0.29) is 36.8 Å². The summed E-state index contributed by atoms with van der Waals surface area (Å²) in [6.07, 6.45) is 0. The van der Waals surface area contributed by atoms with Crippen LogP contribution < -0.4 is 0 Å². The van der Waals surface area contributed by atoms with Crippen molar-refractivity contribution in [2.75, 3.05) is 0 Å². The van der Waals surface area contributed by atoms with Gasteiger partial charge in [0, 0.05) is 19.5 Å². The number of hydrogen-bond donors (Lipinski definition) is 0. The molecule has 0 heterocycles. The van der Waals surface area contributed by atoms with E-state index in [9.17, 15) is 0 Å². The van der Waals surface area contributed by atoms with Gasteiger partial charge in [0.05, 0.1) is 0 Å². The zero-order valence-electron chi connectivity index (χ0n) is 1.52. The van der Waals surface area contributed by atoms with Gasteiger partial charge in [0.15, 0.2) is 17.4 Å². The van der Waals surface area contributed by atoms with Crippen LogP contribution >= 0.6 is 0 Å². The van der Waals surface area contributed by atoms with E-state index < -0.39 is 0 Å². The van der Waals surface area contributed by atoms with Crippen LogP contribution in [-0.2, 0) is 42.7 Å². The molecule has 0 aliphatic rings. The third kappa shape index (κ3) is 9.43. The quantitative estimate of drug-likeness (QED) is 0.451. The molecular formula is H3AlMoOZn. The van der Waals surface area contributed by atoms with Crippen LogP contribution in [0.25, 0.3) is 0 Å². The molecule has 20 valence electrons. The van der Waals surface area contributed by atoms with E-state index in [1.165, 1.54) is 0 Å². The molecular weight excluding hydrogens is 204 g/mol. The molecule has 1 nitrogen and oxygen atoms in total. The van der Waals surface area contributed by atoms with E-state index in [2.05, 4.69) is 0 Å². The van der Waals surface area contributed by atoms with Crippen molar-refractivity contribution in [3.63, 3.8) is 0 Å². The van der Waals surface area contributed by atoms with Crippen LogP contribution in [0.1, 0.15) is 0 Å². The van der Waals surface area contributed by atoms with Crippen LogP contribution in [0.15, 0.2) is 0 Å². The molecule has 0 unspecified atom stereocenters. The maximum absolute atomic E-state index is 8.26. The van der Waals surface area contributed by atoms with Crippen LogP contribution in [0, 0.1) is 0 Å². The molecule has 4 heavy (non-hydrogen) atoms. The number of rotatable bonds is 0. The normalized spacial score (nSPS) is 1.00. The fourth-order valence-electron chi connectivity index (χ4n) is 0. The SMILES string of the molecule is [AlH3].[O]=[Mo].[Zn]. The molecule has 0 rings (SSSR count).